The molecule has 3 rings (SSSR count). The van der Waals surface area contributed by atoms with E-state index in [1.165, 1.54) is 32.1 Å². The van der Waals surface area contributed by atoms with Crippen LogP contribution in [-0.2, 0) is 0 Å². The molecule has 3 nitrogen and oxygen atoms in total. The van der Waals surface area contributed by atoms with E-state index in [4.69, 9.17) is 4.74 Å². The summed E-state index contributed by atoms with van der Waals surface area (Å²) in [5, 5.41) is 2.31. The molecule has 1 aliphatic carbocycles. The molecule has 2 aliphatic rings. The van der Waals surface area contributed by atoms with Crippen LogP contribution in [0.3, 0.4) is 0 Å². The zero-order valence-corrected chi connectivity index (χ0v) is 10.9. The standard InChI is InChI=1S/C15H22N2O/c1-2-9-17(10-3-1)16-14-5-4-6-15(11-14)18-12-13-7-8-13/h4-6,11,13,16H,1-3,7-10,12H2. The van der Waals surface area contributed by atoms with Crippen molar-refractivity contribution in [3.8, 4) is 5.75 Å². The number of hydrogen-bond acceptors (Lipinski definition) is 3. The minimum absolute atomic E-state index is 0.809. The van der Waals surface area contributed by atoms with Crippen molar-refractivity contribution in [2.75, 3.05) is 25.1 Å². The zero-order valence-electron chi connectivity index (χ0n) is 10.9. The van der Waals surface area contributed by atoms with Crippen molar-refractivity contribution in [3.63, 3.8) is 0 Å². The quantitative estimate of drug-likeness (QED) is 0.862. The first kappa shape index (κ1) is 11.8. The fourth-order valence-corrected chi connectivity index (χ4v) is 2.34. The van der Waals surface area contributed by atoms with Crippen molar-refractivity contribution in [1.82, 2.24) is 5.01 Å². The van der Waals surface area contributed by atoms with Gasteiger partial charge in [-0.15, -0.1) is 0 Å². The van der Waals surface area contributed by atoms with Crippen LogP contribution in [0.25, 0.3) is 0 Å². The summed E-state index contributed by atoms with van der Waals surface area (Å²) in [4.78, 5) is 0. The van der Waals surface area contributed by atoms with Crippen molar-refractivity contribution in [2.45, 2.75) is 32.1 Å². The Labute approximate surface area is 109 Å². The highest BCUT2D eigenvalue weighted by molar-refractivity contribution is 5.47. The number of rotatable bonds is 5. The summed E-state index contributed by atoms with van der Waals surface area (Å²) in [5.41, 5.74) is 4.62. The summed E-state index contributed by atoms with van der Waals surface area (Å²) >= 11 is 0. The van der Waals surface area contributed by atoms with Crippen LogP contribution in [0.5, 0.6) is 5.75 Å². The maximum Gasteiger partial charge on any atom is 0.121 e. The maximum atomic E-state index is 5.80. The molecule has 0 unspecified atom stereocenters. The third-order valence-electron chi connectivity index (χ3n) is 3.66. The van der Waals surface area contributed by atoms with E-state index in [2.05, 4.69) is 28.6 Å². The average Bonchev–Trinajstić information content (AvgIpc) is 3.22. The number of anilines is 1. The highest BCUT2D eigenvalue weighted by Crippen LogP contribution is 2.30. The molecular formula is C15H22N2O. The third kappa shape index (κ3) is 3.39. The Morgan fingerprint density at radius 2 is 2.00 bits per heavy atom. The first-order valence-corrected chi connectivity index (χ1v) is 7.14. The predicted octanol–water partition coefficient (Wildman–Crippen LogP) is 3.29. The Kier molecular flexibility index (Phi) is 3.69. The van der Waals surface area contributed by atoms with E-state index in [1.54, 1.807) is 0 Å². The number of piperidine rings is 1. The van der Waals surface area contributed by atoms with Gasteiger partial charge in [-0.2, -0.15) is 0 Å². The normalized spacial score (nSPS) is 20.7. The van der Waals surface area contributed by atoms with E-state index in [1.807, 2.05) is 6.07 Å². The SMILES string of the molecule is c1cc(NN2CCCCC2)cc(OCC2CC2)c1. The van der Waals surface area contributed by atoms with Gasteiger partial charge in [0.1, 0.15) is 5.75 Å². The third-order valence-corrected chi connectivity index (χ3v) is 3.66. The van der Waals surface area contributed by atoms with Gasteiger partial charge in [0.25, 0.3) is 0 Å². The molecule has 0 atom stereocenters. The van der Waals surface area contributed by atoms with E-state index in [-0.39, 0.29) is 0 Å². The lowest BCUT2D eigenvalue weighted by molar-refractivity contribution is 0.272. The van der Waals surface area contributed by atoms with Gasteiger partial charge in [0, 0.05) is 19.2 Å². The molecule has 0 radical (unpaired) electrons. The highest BCUT2D eigenvalue weighted by atomic mass is 16.5. The van der Waals surface area contributed by atoms with Crippen molar-refractivity contribution in [3.05, 3.63) is 24.3 Å². The number of nitrogens with zero attached hydrogens (tertiary/aromatic N) is 1. The predicted molar refractivity (Wildman–Crippen MR) is 73.7 cm³/mol. The molecule has 2 fully saturated rings. The lowest BCUT2D eigenvalue weighted by atomic mass is 10.2. The summed E-state index contributed by atoms with van der Waals surface area (Å²) < 4.78 is 5.80. The smallest absolute Gasteiger partial charge is 0.121 e. The average molecular weight is 246 g/mol. The largest absolute Gasteiger partial charge is 0.493 e. The van der Waals surface area contributed by atoms with Crippen molar-refractivity contribution in [2.24, 2.45) is 5.92 Å². The molecule has 0 spiro atoms. The second-order valence-corrected chi connectivity index (χ2v) is 5.44. The molecule has 3 heteroatoms. The second-order valence-electron chi connectivity index (χ2n) is 5.44. The summed E-state index contributed by atoms with van der Waals surface area (Å²) in [7, 11) is 0. The minimum Gasteiger partial charge on any atom is -0.493 e. The van der Waals surface area contributed by atoms with Crippen LogP contribution >= 0.6 is 0 Å². The number of benzene rings is 1. The van der Waals surface area contributed by atoms with Crippen LogP contribution in [0, 0.1) is 5.92 Å². The van der Waals surface area contributed by atoms with Crippen LogP contribution in [0.2, 0.25) is 0 Å². The minimum atomic E-state index is 0.809. The van der Waals surface area contributed by atoms with Gasteiger partial charge in [0.2, 0.25) is 0 Å². The topological polar surface area (TPSA) is 24.5 Å². The molecule has 1 aliphatic heterocycles. The van der Waals surface area contributed by atoms with Gasteiger partial charge >= 0.3 is 0 Å². The molecule has 1 N–H and O–H groups in total. The number of hydrogen-bond donors (Lipinski definition) is 1. The lowest BCUT2D eigenvalue weighted by Crippen LogP contribution is -2.34. The van der Waals surface area contributed by atoms with Crippen LogP contribution in [0.15, 0.2) is 24.3 Å². The van der Waals surface area contributed by atoms with Gasteiger partial charge < -0.3 is 10.2 Å². The van der Waals surface area contributed by atoms with Gasteiger partial charge in [-0.3, -0.25) is 0 Å². The van der Waals surface area contributed by atoms with E-state index >= 15 is 0 Å². The molecule has 98 valence electrons. The Morgan fingerprint density at radius 1 is 1.17 bits per heavy atom. The van der Waals surface area contributed by atoms with Gasteiger partial charge in [0.05, 0.1) is 12.3 Å². The molecule has 1 aromatic carbocycles. The first-order chi connectivity index (χ1) is 8.90. The Balaban J connectivity index is 1.55. The van der Waals surface area contributed by atoms with E-state index < -0.39 is 0 Å². The molecular weight excluding hydrogens is 224 g/mol. The summed E-state index contributed by atoms with van der Waals surface area (Å²) in [6.45, 7) is 3.17. The van der Waals surface area contributed by atoms with E-state index in [0.29, 0.717) is 0 Å². The molecule has 0 bridgehead atoms. The fraction of sp³-hybridized carbons (Fsp3) is 0.600. The first-order valence-electron chi connectivity index (χ1n) is 7.14. The fourth-order valence-electron chi connectivity index (χ4n) is 2.34. The van der Waals surface area contributed by atoms with Gasteiger partial charge in [-0.05, 0) is 43.7 Å². The van der Waals surface area contributed by atoms with Gasteiger partial charge in [0.15, 0.2) is 0 Å². The summed E-state index contributed by atoms with van der Waals surface area (Å²) in [5.74, 6) is 1.80. The molecule has 1 aromatic rings. The van der Waals surface area contributed by atoms with Crippen molar-refractivity contribution in [1.29, 1.82) is 0 Å². The molecule has 18 heavy (non-hydrogen) atoms. The maximum absolute atomic E-state index is 5.80. The second kappa shape index (κ2) is 5.61. The molecule has 0 aromatic heterocycles. The van der Waals surface area contributed by atoms with Crippen molar-refractivity contribution < 1.29 is 4.74 Å². The van der Waals surface area contributed by atoms with Crippen LogP contribution in [-0.4, -0.2) is 24.7 Å². The van der Waals surface area contributed by atoms with Crippen LogP contribution < -0.4 is 10.2 Å². The molecule has 1 saturated heterocycles. The van der Waals surface area contributed by atoms with Crippen LogP contribution in [0.4, 0.5) is 5.69 Å². The number of nitrogens with one attached hydrogen (secondary N) is 1. The zero-order chi connectivity index (χ0) is 12.2. The lowest BCUT2D eigenvalue weighted by Gasteiger charge is -2.28. The Hall–Kier alpha value is -1.22. The number of hydrazine groups is 1. The summed E-state index contributed by atoms with van der Waals surface area (Å²) in [6, 6.07) is 8.33. The Bertz CT molecular complexity index is 384. The van der Waals surface area contributed by atoms with Crippen LogP contribution in [0.1, 0.15) is 32.1 Å². The van der Waals surface area contributed by atoms with E-state index in [9.17, 15) is 0 Å². The van der Waals surface area contributed by atoms with E-state index in [0.717, 1.165) is 37.1 Å². The molecule has 1 saturated carbocycles. The van der Waals surface area contributed by atoms with Crippen molar-refractivity contribution >= 4 is 5.69 Å². The summed E-state index contributed by atoms with van der Waals surface area (Å²) in [6.07, 6.45) is 6.63. The molecule has 0 amide bonds. The van der Waals surface area contributed by atoms with Gasteiger partial charge in [-0.25, -0.2) is 5.01 Å². The number of ether oxygens (including phenoxy) is 1. The highest BCUT2D eigenvalue weighted by Gasteiger charge is 2.21. The Morgan fingerprint density at radius 3 is 2.78 bits per heavy atom. The monoisotopic (exact) mass is 246 g/mol. The molecule has 1 heterocycles. The van der Waals surface area contributed by atoms with Gasteiger partial charge in [-0.1, -0.05) is 12.5 Å².